The molecule has 1 N–H and O–H groups in total. The summed E-state index contributed by atoms with van der Waals surface area (Å²) in [6.45, 7) is 2.14. The van der Waals surface area contributed by atoms with Crippen molar-refractivity contribution < 1.29 is 9.59 Å². The first-order chi connectivity index (χ1) is 5.63. The molecule has 0 aromatic rings. The van der Waals surface area contributed by atoms with Crippen LogP contribution in [0.5, 0.6) is 0 Å². The van der Waals surface area contributed by atoms with E-state index in [1.54, 1.807) is 14.0 Å². The molecule has 5 heteroatoms. The molecule has 0 unspecified atom stereocenters. The molecule has 0 fully saturated rings. The average Bonchev–Trinajstić information content (AvgIpc) is 2.31. The fourth-order valence-electron chi connectivity index (χ4n) is 0.845. The van der Waals surface area contributed by atoms with Gasteiger partial charge in [0.2, 0.25) is 5.91 Å². The SMILES string of the molecule is CCC(=O)NC1=NC(=O)N(C)C1. The maximum atomic E-state index is 10.9. The van der Waals surface area contributed by atoms with Crippen LogP contribution in [0.2, 0.25) is 0 Å². The van der Waals surface area contributed by atoms with Crippen LogP contribution in [0.15, 0.2) is 4.99 Å². The van der Waals surface area contributed by atoms with E-state index in [0.717, 1.165) is 0 Å². The van der Waals surface area contributed by atoms with Crippen LogP contribution >= 0.6 is 0 Å². The van der Waals surface area contributed by atoms with E-state index in [1.807, 2.05) is 0 Å². The molecule has 0 aliphatic carbocycles. The number of amidine groups is 1. The predicted molar refractivity (Wildman–Crippen MR) is 43.9 cm³/mol. The lowest BCUT2D eigenvalue weighted by molar-refractivity contribution is -0.119. The van der Waals surface area contributed by atoms with Crippen molar-refractivity contribution in [3.05, 3.63) is 0 Å². The maximum absolute atomic E-state index is 10.9. The van der Waals surface area contributed by atoms with Crippen molar-refractivity contribution in [1.29, 1.82) is 0 Å². The topological polar surface area (TPSA) is 61.8 Å². The van der Waals surface area contributed by atoms with Gasteiger partial charge in [0.25, 0.3) is 0 Å². The van der Waals surface area contributed by atoms with Gasteiger partial charge in [-0.1, -0.05) is 6.92 Å². The number of nitrogens with zero attached hydrogens (tertiary/aromatic N) is 2. The fraction of sp³-hybridized carbons (Fsp3) is 0.571. The maximum Gasteiger partial charge on any atom is 0.345 e. The van der Waals surface area contributed by atoms with Crippen LogP contribution in [0.25, 0.3) is 0 Å². The normalized spacial score (nSPS) is 16.3. The molecule has 1 aliphatic rings. The van der Waals surface area contributed by atoms with E-state index in [9.17, 15) is 9.59 Å². The number of hydrogen-bond acceptors (Lipinski definition) is 2. The first kappa shape index (κ1) is 8.70. The van der Waals surface area contributed by atoms with Crippen LogP contribution in [0.4, 0.5) is 4.79 Å². The van der Waals surface area contributed by atoms with E-state index < -0.39 is 0 Å². The van der Waals surface area contributed by atoms with E-state index >= 15 is 0 Å². The quantitative estimate of drug-likeness (QED) is 0.599. The van der Waals surface area contributed by atoms with Crippen LogP contribution in [-0.2, 0) is 4.79 Å². The summed E-state index contributed by atoms with van der Waals surface area (Å²) in [6, 6.07) is -0.304. The molecule has 1 heterocycles. The summed E-state index contributed by atoms with van der Waals surface area (Å²) in [5.41, 5.74) is 0. The molecule has 0 aromatic carbocycles. The van der Waals surface area contributed by atoms with Crippen LogP contribution < -0.4 is 5.32 Å². The summed E-state index contributed by atoms with van der Waals surface area (Å²) >= 11 is 0. The van der Waals surface area contributed by atoms with Gasteiger partial charge in [0.15, 0.2) is 0 Å². The molecule has 0 radical (unpaired) electrons. The Hall–Kier alpha value is -1.39. The Bertz CT molecular complexity index is 247. The van der Waals surface area contributed by atoms with Gasteiger partial charge in [-0.3, -0.25) is 4.79 Å². The number of hydrogen-bond donors (Lipinski definition) is 1. The molecular formula is C7H11N3O2. The summed E-state index contributed by atoms with van der Waals surface area (Å²) in [4.78, 5) is 26.8. The van der Waals surface area contributed by atoms with E-state index in [1.165, 1.54) is 4.90 Å². The summed E-state index contributed by atoms with van der Waals surface area (Å²) in [5, 5.41) is 2.54. The molecule has 0 saturated carbocycles. The standard InChI is InChI=1S/C7H11N3O2/c1-3-6(11)8-5-4-10(2)7(12)9-5/h3-4H2,1-2H3,(H,8,9,11,12). The van der Waals surface area contributed by atoms with E-state index in [4.69, 9.17) is 0 Å². The van der Waals surface area contributed by atoms with Gasteiger partial charge < -0.3 is 10.2 Å². The summed E-state index contributed by atoms with van der Waals surface area (Å²) < 4.78 is 0. The Balaban J connectivity index is 2.51. The molecule has 66 valence electrons. The van der Waals surface area contributed by atoms with Crippen molar-refractivity contribution in [3.8, 4) is 0 Å². The van der Waals surface area contributed by atoms with Gasteiger partial charge in [-0.25, -0.2) is 4.79 Å². The van der Waals surface area contributed by atoms with E-state index in [-0.39, 0.29) is 11.9 Å². The zero-order valence-corrected chi connectivity index (χ0v) is 7.13. The van der Waals surface area contributed by atoms with Crippen molar-refractivity contribution in [2.24, 2.45) is 4.99 Å². The van der Waals surface area contributed by atoms with Crippen LogP contribution in [0, 0.1) is 0 Å². The minimum atomic E-state index is -0.304. The second-order valence-electron chi connectivity index (χ2n) is 2.60. The second kappa shape index (κ2) is 3.34. The number of carbonyl (C=O) groups excluding carboxylic acids is 2. The smallest absolute Gasteiger partial charge is 0.318 e. The monoisotopic (exact) mass is 169 g/mol. The summed E-state index contributed by atoms with van der Waals surface area (Å²) in [5.74, 6) is 0.325. The Morgan fingerprint density at radius 3 is 2.83 bits per heavy atom. The number of carbonyl (C=O) groups is 2. The van der Waals surface area contributed by atoms with Crippen molar-refractivity contribution in [1.82, 2.24) is 10.2 Å². The lowest BCUT2D eigenvalue weighted by Crippen LogP contribution is -2.33. The van der Waals surface area contributed by atoms with Crippen molar-refractivity contribution in [2.75, 3.05) is 13.6 Å². The number of nitrogens with one attached hydrogen (secondary N) is 1. The Morgan fingerprint density at radius 1 is 1.75 bits per heavy atom. The number of rotatable bonds is 1. The second-order valence-corrected chi connectivity index (χ2v) is 2.60. The largest absolute Gasteiger partial charge is 0.345 e. The zero-order valence-electron chi connectivity index (χ0n) is 7.13. The number of amides is 3. The minimum absolute atomic E-state index is 0.114. The van der Waals surface area contributed by atoms with Gasteiger partial charge in [-0.2, -0.15) is 4.99 Å². The first-order valence-corrected chi connectivity index (χ1v) is 3.76. The Kier molecular flexibility index (Phi) is 2.42. The molecule has 0 bridgehead atoms. The molecule has 0 atom stereocenters. The number of likely N-dealkylation sites (N-methyl/N-ethyl adjacent to an activating group) is 1. The molecule has 3 amide bonds. The van der Waals surface area contributed by atoms with Gasteiger partial charge in [0.05, 0.1) is 6.54 Å². The van der Waals surface area contributed by atoms with E-state index in [0.29, 0.717) is 18.8 Å². The molecular weight excluding hydrogens is 158 g/mol. The summed E-state index contributed by atoms with van der Waals surface area (Å²) in [6.07, 6.45) is 0.400. The van der Waals surface area contributed by atoms with Gasteiger partial charge in [-0.05, 0) is 0 Å². The zero-order chi connectivity index (χ0) is 9.14. The Labute approximate surface area is 70.5 Å². The van der Waals surface area contributed by atoms with Crippen molar-refractivity contribution >= 4 is 17.8 Å². The third kappa shape index (κ3) is 1.81. The van der Waals surface area contributed by atoms with Crippen LogP contribution in [0.3, 0.4) is 0 Å². The lowest BCUT2D eigenvalue weighted by Gasteiger charge is -2.05. The van der Waals surface area contributed by atoms with Gasteiger partial charge in [0.1, 0.15) is 5.84 Å². The molecule has 12 heavy (non-hydrogen) atoms. The third-order valence-corrected chi connectivity index (χ3v) is 1.55. The van der Waals surface area contributed by atoms with Gasteiger partial charge in [-0.15, -0.1) is 0 Å². The highest BCUT2D eigenvalue weighted by Gasteiger charge is 2.19. The van der Waals surface area contributed by atoms with Crippen LogP contribution in [-0.4, -0.2) is 36.3 Å². The molecule has 0 saturated heterocycles. The highest BCUT2D eigenvalue weighted by Crippen LogP contribution is 1.98. The van der Waals surface area contributed by atoms with Gasteiger partial charge in [0, 0.05) is 13.5 Å². The molecule has 0 spiro atoms. The van der Waals surface area contributed by atoms with E-state index in [2.05, 4.69) is 10.3 Å². The van der Waals surface area contributed by atoms with Gasteiger partial charge >= 0.3 is 6.03 Å². The van der Waals surface area contributed by atoms with Crippen molar-refractivity contribution in [2.45, 2.75) is 13.3 Å². The third-order valence-electron chi connectivity index (χ3n) is 1.55. The Morgan fingerprint density at radius 2 is 2.42 bits per heavy atom. The van der Waals surface area contributed by atoms with Crippen LogP contribution in [0.1, 0.15) is 13.3 Å². The predicted octanol–water partition coefficient (Wildman–Crippen LogP) is -0.0235. The lowest BCUT2D eigenvalue weighted by atomic mass is 10.4. The molecule has 1 aliphatic heterocycles. The fourth-order valence-corrected chi connectivity index (χ4v) is 0.845. The molecule has 1 rings (SSSR count). The first-order valence-electron chi connectivity index (χ1n) is 3.76. The highest BCUT2D eigenvalue weighted by molar-refractivity contribution is 6.07. The highest BCUT2D eigenvalue weighted by atomic mass is 16.2. The van der Waals surface area contributed by atoms with Crippen molar-refractivity contribution in [3.63, 3.8) is 0 Å². The minimum Gasteiger partial charge on any atom is -0.318 e. The molecule has 5 nitrogen and oxygen atoms in total. The number of urea groups is 1. The summed E-state index contributed by atoms with van der Waals surface area (Å²) in [7, 11) is 1.64. The number of aliphatic imine (C=N–C) groups is 1. The average molecular weight is 169 g/mol. The molecule has 0 aromatic heterocycles.